The zero-order valence-corrected chi connectivity index (χ0v) is 16.0. The molecular weight excluding hydrogens is 362 g/mol. The quantitative estimate of drug-likeness (QED) is 0.483. The number of aromatic nitrogens is 1. The van der Waals surface area contributed by atoms with E-state index in [0.29, 0.717) is 28.5 Å². The molecule has 0 saturated heterocycles. The van der Waals surface area contributed by atoms with Crippen molar-refractivity contribution in [3.63, 3.8) is 0 Å². The monoisotopic (exact) mass is 383 g/mol. The van der Waals surface area contributed by atoms with Crippen LogP contribution >= 0.6 is 0 Å². The molecule has 3 aromatic rings. The van der Waals surface area contributed by atoms with Gasteiger partial charge in [0.1, 0.15) is 11.4 Å². The van der Waals surface area contributed by atoms with Gasteiger partial charge in [0.25, 0.3) is 5.91 Å². The average molecular weight is 383 g/mol. The Hall–Kier alpha value is -3.68. The molecule has 1 heterocycles. The molecule has 0 aliphatic carbocycles. The van der Waals surface area contributed by atoms with Crippen LogP contribution in [0.3, 0.4) is 0 Å². The van der Waals surface area contributed by atoms with Crippen LogP contribution < -0.4 is 24.4 Å². The summed E-state index contributed by atoms with van der Waals surface area (Å²) in [6.07, 6.45) is 1.49. The lowest BCUT2D eigenvalue weighted by Gasteiger charge is -2.12. The van der Waals surface area contributed by atoms with Gasteiger partial charge in [-0.3, -0.25) is 4.79 Å². The van der Waals surface area contributed by atoms with Crippen molar-refractivity contribution in [2.24, 2.45) is 5.10 Å². The molecule has 2 N–H and O–H groups in total. The second kappa shape index (κ2) is 8.34. The zero-order chi connectivity index (χ0) is 20.1. The van der Waals surface area contributed by atoms with Gasteiger partial charge in [0.15, 0.2) is 11.5 Å². The number of rotatable bonds is 7. The van der Waals surface area contributed by atoms with Gasteiger partial charge in [0, 0.05) is 16.5 Å². The Bertz CT molecular complexity index is 1000. The van der Waals surface area contributed by atoms with Gasteiger partial charge in [0.05, 0.1) is 34.7 Å². The average Bonchev–Trinajstić information content (AvgIpc) is 3.16. The van der Waals surface area contributed by atoms with E-state index in [4.69, 9.17) is 18.9 Å². The second-order valence-electron chi connectivity index (χ2n) is 5.79. The van der Waals surface area contributed by atoms with Crippen LogP contribution in [0.25, 0.3) is 10.9 Å². The molecule has 0 radical (unpaired) electrons. The number of amides is 1. The van der Waals surface area contributed by atoms with E-state index in [1.165, 1.54) is 27.5 Å². The van der Waals surface area contributed by atoms with Crippen molar-refractivity contribution in [2.45, 2.75) is 0 Å². The van der Waals surface area contributed by atoms with Gasteiger partial charge < -0.3 is 23.9 Å². The van der Waals surface area contributed by atoms with Crippen molar-refractivity contribution in [2.75, 3.05) is 28.4 Å². The molecule has 1 aromatic heterocycles. The minimum absolute atomic E-state index is 0.362. The smallest absolute Gasteiger partial charge is 0.287 e. The third-order valence-corrected chi connectivity index (χ3v) is 4.14. The normalized spacial score (nSPS) is 10.9. The van der Waals surface area contributed by atoms with Crippen LogP contribution in [-0.2, 0) is 0 Å². The number of hydrogen-bond acceptors (Lipinski definition) is 6. The number of carbonyl (C=O) groups excluding carboxylic acids is 1. The molecule has 0 bridgehead atoms. The van der Waals surface area contributed by atoms with Crippen molar-refractivity contribution >= 4 is 23.0 Å². The van der Waals surface area contributed by atoms with Crippen molar-refractivity contribution in [1.82, 2.24) is 10.4 Å². The molecule has 0 unspecified atom stereocenters. The van der Waals surface area contributed by atoms with Crippen LogP contribution in [0.2, 0.25) is 0 Å². The summed E-state index contributed by atoms with van der Waals surface area (Å²) >= 11 is 0. The Balaban J connectivity index is 1.76. The number of benzene rings is 2. The Morgan fingerprint density at radius 2 is 1.68 bits per heavy atom. The number of H-pyrrole nitrogens is 1. The highest BCUT2D eigenvalue weighted by Gasteiger charge is 2.13. The Morgan fingerprint density at radius 1 is 0.964 bits per heavy atom. The number of aromatic amines is 1. The molecule has 0 spiro atoms. The molecule has 0 aliphatic rings. The fourth-order valence-electron chi connectivity index (χ4n) is 2.76. The molecule has 0 atom stereocenters. The van der Waals surface area contributed by atoms with E-state index in [1.807, 2.05) is 18.2 Å². The lowest BCUT2D eigenvalue weighted by atomic mass is 10.2. The van der Waals surface area contributed by atoms with Crippen molar-refractivity contribution in [3.05, 3.63) is 47.7 Å². The first kappa shape index (κ1) is 19.1. The highest BCUT2D eigenvalue weighted by Crippen LogP contribution is 2.37. The van der Waals surface area contributed by atoms with Gasteiger partial charge in [-0.05, 0) is 36.4 Å². The highest BCUT2D eigenvalue weighted by molar-refractivity contribution is 5.98. The van der Waals surface area contributed by atoms with Gasteiger partial charge in [0.2, 0.25) is 5.75 Å². The predicted octanol–water partition coefficient (Wildman–Crippen LogP) is 2.97. The number of fused-ring (bicyclic) bond motifs is 1. The summed E-state index contributed by atoms with van der Waals surface area (Å²) in [4.78, 5) is 15.4. The lowest BCUT2D eigenvalue weighted by Crippen LogP contribution is -2.17. The molecule has 146 valence electrons. The fourth-order valence-corrected chi connectivity index (χ4v) is 2.76. The van der Waals surface area contributed by atoms with E-state index >= 15 is 0 Å². The van der Waals surface area contributed by atoms with Crippen LogP contribution in [0.4, 0.5) is 0 Å². The minimum atomic E-state index is -0.362. The van der Waals surface area contributed by atoms with E-state index < -0.39 is 0 Å². The Kier molecular flexibility index (Phi) is 5.69. The first-order valence-corrected chi connectivity index (χ1v) is 8.39. The number of nitrogens with zero attached hydrogens (tertiary/aromatic N) is 1. The molecule has 0 saturated carbocycles. The number of carbonyl (C=O) groups is 1. The highest BCUT2D eigenvalue weighted by atomic mass is 16.5. The first-order chi connectivity index (χ1) is 13.6. The topological polar surface area (TPSA) is 94.2 Å². The molecule has 8 heteroatoms. The Labute approximate surface area is 162 Å². The SMILES string of the molecule is COc1ccc2[nH]c(C(=O)N/N=C\c3cc(OC)c(OC)c(OC)c3)cc2c1. The molecule has 2 aromatic carbocycles. The molecule has 3 rings (SSSR count). The van der Waals surface area contributed by atoms with E-state index in [2.05, 4.69) is 15.5 Å². The standard InChI is InChI=1S/C20H21N3O5/c1-25-14-5-6-15-13(9-14)10-16(22-15)20(24)23-21-11-12-7-17(26-2)19(28-4)18(8-12)27-3/h5-11,22H,1-4H3,(H,23,24)/b21-11-. The van der Waals surface area contributed by atoms with Gasteiger partial charge in [-0.15, -0.1) is 0 Å². The van der Waals surface area contributed by atoms with E-state index in [1.54, 1.807) is 25.3 Å². The van der Waals surface area contributed by atoms with Crippen molar-refractivity contribution in [3.8, 4) is 23.0 Å². The molecule has 28 heavy (non-hydrogen) atoms. The maximum Gasteiger partial charge on any atom is 0.287 e. The molecule has 1 amide bonds. The molecular formula is C20H21N3O5. The zero-order valence-electron chi connectivity index (χ0n) is 16.0. The summed E-state index contributed by atoms with van der Waals surface area (Å²) in [5.41, 5.74) is 4.40. The summed E-state index contributed by atoms with van der Waals surface area (Å²) in [6.45, 7) is 0. The van der Waals surface area contributed by atoms with Gasteiger partial charge in [-0.1, -0.05) is 0 Å². The summed E-state index contributed by atoms with van der Waals surface area (Å²) in [5, 5.41) is 4.88. The number of hydrazone groups is 1. The van der Waals surface area contributed by atoms with E-state index in [9.17, 15) is 4.79 Å². The second-order valence-corrected chi connectivity index (χ2v) is 5.79. The minimum Gasteiger partial charge on any atom is -0.497 e. The maximum atomic E-state index is 12.3. The first-order valence-electron chi connectivity index (χ1n) is 8.39. The maximum absolute atomic E-state index is 12.3. The largest absolute Gasteiger partial charge is 0.497 e. The summed E-state index contributed by atoms with van der Waals surface area (Å²) < 4.78 is 21.1. The van der Waals surface area contributed by atoms with Crippen LogP contribution in [0.5, 0.6) is 23.0 Å². The summed E-state index contributed by atoms with van der Waals surface area (Å²) in [6, 6.07) is 10.7. The summed E-state index contributed by atoms with van der Waals surface area (Å²) in [5.74, 6) is 1.84. The van der Waals surface area contributed by atoms with E-state index in [-0.39, 0.29) is 5.91 Å². The Morgan fingerprint density at radius 3 is 2.29 bits per heavy atom. The number of hydrogen-bond donors (Lipinski definition) is 2. The lowest BCUT2D eigenvalue weighted by molar-refractivity contribution is 0.0951. The van der Waals surface area contributed by atoms with Crippen LogP contribution in [0, 0.1) is 0 Å². The molecule has 8 nitrogen and oxygen atoms in total. The van der Waals surface area contributed by atoms with Crippen LogP contribution in [0.15, 0.2) is 41.5 Å². The van der Waals surface area contributed by atoms with Gasteiger partial charge in [-0.2, -0.15) is 5.10 Å². The predicted molar refractivity (Wildman–Crippen MR) is 106 cm³/mol. The summed E-state index contributed by atoms with van der Waals surface area (Å²) in [7, 11) is 6.19. The molecule has 0 fully saturated rings. The van der Waals surface area contributed by atoms with Crippen molar-refractivity contribution in [1.29, 1.82) is 0 Å². The number of ether oxygens (including phenoxy) is 4. The van der Waals surface area contributed by atoms with Gasteiger partial charge >= 0.3 is 0 Å². The third-order valence-electron chi connectivity index (χ3n) is 4.14. The number of nitrogens with one attached hydrogen (secondary N) is 2. The van der Waals surface area contributed by atoms with E-state index in [0.717, 1.165) is 16.7 Å². The third kappa shape index (κ3) is 3.85. The fraction of sp³-hybridized carbons (Fsp3) is 0.200. The molecule has 0 aliphatic heterocycles. The van der Waals surface area contributed by atoms with Crippen LogP contribution in [0.1, 0.15) is 16.1 Å². The van der Waals surface area contributed by atoms with Gasteiger partial charge in [-0.25, -0.2) is 5.43 Å². The van der Waals surface area contributed by atoms with Crippen molar-refractivity contribution < 1.29 is 23.7 Å². The number of methoxy groups -OCH3 is 4. The van der Waals surface area contributed by atoms with Crippen LogP contribution in [-0.4, -0.2) is 45.5 Å².